The van der Waals surface area contributed by atoms with E-state index in [0.717, 1.165) is 54.4 Å². The standard InChI is InChI=1S/C28H39O4S2/c29-25(23-13-8-9-14-23)17-11-15-24-19-20-27(34-24)26(30)16-7-5-3-1-2-4-6-10-21-33-22-12-18-28(31)32/h8-9,13-14,19-20H,1-7,10-12,15-18,21-22H2,(H,31,32). The smallest absolute Gasteiger partial charge is 0.303 e. The summed E-state index contributed by atoms with van der Waals surface area (Å²) in [6.07, 6.45) is 21.0. The fourth-order valence-corrected chi connectivity index (χ4v) is 5.87. The summed E-state index contributed by atoms with van der Waals surface area (Å²) >= 11 is 3.46. The number of aryl methyl sites for hydroxylation is 1. The summed E-state index contributed by atoms with van der Waals surface area (Å²) in [5.74, 6) is 2.64. The molecular formula is C28H39O4S2. The third-order valence-electron chi connectivity index (χ3n) is 5.87. The zero-order valence-corrected chi connectivity index (χ0v) is 21.9. The van der Waals surface area contributed by atoms with E-state index in [4.69, 9.17) is 5.11 Å². The fourth-order valence-electron chi connectivity index (χ4n) is 3.89. The number of aliphatic carboxylic acids is 1. The van der Waals surface area contributed by atoms with Gasteiger partial charge in [0.2, 0.25) is 0 Å². The number of rotatable bonds is 21. The van der Waals surface area contributed by atoms with Crippen LogP contribution in [0.4, 0.5) is 0 Å². The van der Waals surface area contributed by atoms with Crippen LogP contribution in [0.1, 0.15) is 98.0 Å². The highest BCUT2D eigenvalue weighted by atomic mass is 32.2. The van der Waals surface area contributed by atoms with Crippen LogP contribution in [0.25, 0.3) is 0 Å². The Morgan fingerprint density at radius 1 is 0.706 bits per heavy atom. The molecule has 0 bridgehead atoms. The maximum atomic E-state index is 12.5. The van der Waals surface area contributed by atoms with Gasteiger partial charge in [-0.1, -0.05) is 38.5 Å². The van der Waals surface area contributed by atoms with Crippen LogP contribution < -0.4 is 0 Å². The molecule has 0 aromatic carbocycles. The van der Waals surface area contributed by atoms with Crippen molar-refractivity contribution in [3.63, 3.8) is 0 Å². The van der Waals surface area contributed by atoms with Crippen LogP contribution in [-0.4, -0.2) is 34.1 Å². The Labute approximate surface area is 214 Å². The van der Waals surface area contributed by atoms with E-state index >= 15 is 0 Å². The van der Waals surface area contributed by atoms with Gasteiger partial charge in [-0.15, -0.1) is 11.3 Å². The molecule has 1 N–H and O–H groups in total. The van der Waals surface area contributed by atoms with Crippen LogP contribution in [-0.2, 0) is 16.0 Å². The molecule has 1 saturated carbocycles. The minimum Gasteiger partial charge on any atom is -0.481 e. The molecule has 0 saturated heterocycles. The SMILES string of the molecule is O=C(O)CCCSCCCCCCCCCCC(=O)c1ccc(CCCC(=O)[C]2[CH][CH][CH][CH]2)s1. The van der Waals surface area contributed by atoms with Gasteiger partial charge in [0.05, 0.1) is 4.88 Å². The van der Waals surface area contributed by atoms with E-state index in [2.05, 4.69) is 0 Å². The molecule has 0 amide bonds. The highest BCUT2D eigenvalue weighted by Crippen LogP contribution is 2.26. The summed E-state index contributed by atoms with van der Waals surface area (Å²) < 4.78 is 0. The quantitative estimate of drug-likeness (QED) is 0.140. The molecule has 1 aromatic heterocycles. The van der Waals surface area contributed by atoms with Gasteiger partial charge >= 0.3 is 5.97 Å². The number of thioether (sulfide) groups is 1. The number of carboxylic acids is 1. The average molecular weight is 504 g/mol. The second-order valence-corrected chi connectivity index (χ2v) is 11.2. The molecule has 5 radical (unpaired) electrons. The molecule has 1 aliphatic rings. The summed E-state index contributed by atoms with van der Waals surface area (Å²) in [6.45, 7) is 0. The summed E-state index contributed by atoms with van der Waals surface area (Å²) in [6, 6.07) is 3.99. The lowest BCUT2D eigenvalue weighted by molar-refractivity contribution is -0.137. The topological polar surface area (TPSA) is 71.4 Å². The van der Waals surface area contributed by atoms with Crippen molar-refractivity contribution in [2.24, 2.45) is 0 Å². The Hall–Kier alpha value is -1.14. The third kappa shape index (κ3) is 13.1. The maximum absolute atomic E-state index is 12.5. The lowest BCUT2D eigenvalue weighted by Gasteiger charge is -2.05. The molecular weight excluding hydrogens is 464 g/mol. The minimum atomic E-state index is -0.698. The van der Waals surface area contributed by atoms with Crippen molar-refractivity contribution in [1.82, 2.24) is 0 Å². The molecule has 0 aliphatic heterocycles. The molecule has 0 atom stereocenters. The normalized spacial score (nSPS) is 14.0. The van der Waals surface area contributed by atoms with Crippen LogP contribution in [0.3, 0.4) is 0 Å². The number of unbranched alkanes of at least 4 members (excludes halogenated alkanes) is 7. The highest BCUT2D eigenvalue weighted by molar-refractivity contribution is 7.99. The van der Waals surface area contributed by atoms with Gasteiger partial charge in [0.25, 0.3) is 0 Å². The Morgan fingerprint density at radius 3 is 2.03 bits per heavy atom. The molecule has 6 heteroatoms. The van der Waals surface area contributed by atoms with E-state index in [9.17, 15) is 14.4 Å². The number of carbonyl (C=O) groups excluding carboxylic acids is 2. The van der Waals surface area contributed by atoms with E-state index in [0.29, 0.717) is 12.8 Å². The van der Waals surface area contributed by atoms with Gasteiger partial charge in [0, 0.05) is 30.1 Å². The Balaban J connectivity index is 1.40. The number of carbonyl (C=O) groups is 3. The van der Waals surface area contributed by atoms with Gasteiger partial charge < -0.3 is 5.11 Å². The van der Waals surface area contributed by atoms with Gasteiger partial charge in [-0.2, -0.15) is 11.8 Å². The van der Waals surface area contributed by atoms with Crippen molar-refractivity contribution >= 4 is 40.6 Å². The van der Waals surface area contributed by atoms with E-state index in [1.807, 2.05) is 49.6 Å². The monoisotopic (exact) mass is 503 g/mol. The van der Waals surface area contributed by atoms with Crippen molar-refractivity contribution in [2.75, 3.05) is 11.5 Å². The molecule has 1 aliphatic carbocycles. The van der Waals surface area contributed by atoms with Gasteiger partial charge in [-0.05, 0) is 81.4 Å². The van der Waals surface area contributed by atoms with Crippen molar-refractivity contribution in [3.05, 3.63) is 53.5 Å². The van der Waals surface area contributed by atoms with Gasteiger partial charge in [-0.3, -0.25) is 14.4 Å². The molecule has 1 fully saturated rings. The van der Waals surface area contributed by atoms with Crippen LogP contribution >= 0.6 is 23.1 Å². The van der Waals surface area contributed by atoms with Crippen LogP contribution in [0.2, 0.25) is 0 Å². The van der Waals surface area contributed by atoms with E-state index in [1.54, 1.807) is 11.3 Å². The first-order valence-electron chi connectivity index (χ1n) is 12.7. The summed E-state index contributed by atoms with van der Waals surface area (Å²) in [4.78, 5) is 37.0. The van der Waals surface area contributed by atoms with E-state index in [1.165, 1.54) is 43.4 Å². The number of hydrogen-bond donors (Lipinski definition) is 1. The zero-order chi connectivity index (χ0) is 24.4. The first-order valence-corrected chi connectivity index (χ1v) is 14.7. The summed E-state index contributed by atoms with van der Waals surface area (Å²) in [5, 5.41) is 8.60. The number of Topliss-reactive ketones (excluding diaryl/α,β-unsaturated/α-hetero) is 2. The third-order valence-corrected chi connectivity index (χ3v) is 8.21. The largest absolute Gasteiger partial charge is 0.481 e. The molecule has 4 nitrogen and oxygen atoms in total. The first-order chi connectivity index (χ1) is 16.6. The predicted octanol–water partition coefficient (Wildman–Crippen LogP) is 7.34. The first kappa shape index (κ1) is 29.1. The van der Waals surface area contributed by atoms with Crippen molar-refractivity contribution in [3.8, 4) is 0 Å². The van der Waals surface area contributed by atoms with Crippen LogP contribution in [0.5, 0.6) is 0 Å². The summed E-state index contributed by atoms with van der Waals surface area (Å²) in [7, 11) is 0. The minimum absolute atomic E-state index is 0.196. The van der Waals surface area contributed by atoms with Crippen molar-refractivity contribution < 1.29 is 19.5 Å². The average Bonchev–Trinajstić information content (AvgIpc) is 3.51. The second kappa shape index (κ2) is 18.2. The Bertz CT molecular complexity index is 722. The van der Waals surface area contributed by atoms with E-state index in [-0.39, 0.29) is 18.0 Å². The molecule has 1 aromatic rings. The van der Waals surface area contributed by atoms with Crippen molar-refractivity contribution in [1.29, 1.82) is 0 Å². The maximum Gasteiger partial charge on any atom is 0.303 e. The Morgan fingerprint density at radius 2 is 1.32 bits per heavy atom. The van der Waals surface area contributed by atoms with Gasteiger partial charge in [0.15, 0.2) is 5.78 Å². The van der Waals surface area contributed by atoms with Crippen LogP contribution in [0, 0.1) is 31.6 Å². The molecule has 187 valence electrons. The van der Waals surface area contributed by atoms with E-state index < -0.39 is 5.97 Å². The Kier molecular flexibility index (Phi) is 15.6. The number of carboxylic acid groups (broad SMARTS) is 1. The van der Waals surface area contributed by atoms with Gasteiger partial charge in [0.1, 0.15) is 5.78 Å². The molecule has 34 heavy (non-hydrogen) atoms. The molecule has 1 heterocycles. The summed E-state index contributed by atoms with van der Waals surface area (Å²) in [5.41, 5.74) is 0. The highest BCUT2D eigenvalue weighted by Gasteiger charge is 2.23. The molecule has 0 spiro atoms. The number of hydrogen-bond acceptors (Lipinski definition) is 5. The predicted molar refractivity (Wildman–Crippen MR) is 143 cm³/mol. The lowest BCUT2D eigenvalue weighted by Crippen LogP contribution is -2.09. The number of ketones is 2. The molecule has 2 rings (SSSR count). The molecule has 0 unspecified atom stereocenters. The second-order valence-electron chi connectivity index (χ2n) is 8.83. The zero-order valence-electron chi connectivity index (χ0n) is 20.3. The fraction of sp³-hybridized carbons (Fsp3) is 0.571. The number of thiophene rings is 1. The van der Waals surface area contributed by atoms with Crippen LogP contribution in [0.15, 0.2) is 12.1 Å². The van der Waals surface area contributed by atoms with Gasteiger partial charge in [-0.25, -0.2) is 0 Å². The lowest BCUT2D eigenvalue weighted by atomic mass is 9.98. The van der Waals surface area contributed by atoms with Crippen molar-refractivity contribution in [2.45, 2.75) is 89.9 Å².